The minimum atomic E-state index is 0.566. The molecule has 3 heterocycles. The van der Waals surface area contributed by atoms with E-state index in [2.05, 4.69) is 15.4 Å². The Kier molecular flexibility index (Phi) is 2.70. The molecule has 0 saturated carbocycles. The van der Waals surface area contributed by atoms with Crippen LogP contribution in [0.2, 0.25) is 0 Å². The van der Waals surface area contributed by atoms with Crippen LogP contribution in [-0.2, 0) is 0 Å². The highest BCUT2D eigenvalue weighted by molar-refractivity contribution is 7.99. The first-order valence-electron chi connectivity index (χ1n) is 5.56. The fourth-order valence-electron chi connectivity index (χ4n) is 1.96. The average Bonchev–Trinajstić information content (AvgIpc) is 2.77. The Morgan fingerprint density at radius 2 is 2.44 bits per heavy atom. The van der Waals surface area contributed by atoms with Gasteiger partial charge in [0.15, 0.2) is 5.65 Å². The second-order valence-electron chi connectivity index (χ2n) is 4.01. The average molecular weight is 234 g/mol. The van der Waals surface area contributed by atoms with Crippen molar-refractivity contribution < 1.29 is 0 Å². The Morgan fingerprint density at radius 1 is 1.44 bits per heavy atom. The molecule has 1 aliphatic heterocycles. The van der Waals surface area contributed by atoms with Gasteiger partial charge in [0, 0.05) is 24.1 Å². The molecular weight excluding hydrogens is 220 g/mol. The van der Waals surface area contributed by atoms with Crippen molar-refractivity contribution in [1.82, 2.24) is 14.6 Å². The molecule has 16 heavy (non-hydrogen) atoms. The van der Waals surface area contributed by atoms with Crippen LogP contribution in [0.1, 0.15) is 12.8 Å². The summed E-state index contributed by atoms with van der Waals surface area (Å²) in [4.78, 5) is 4.51. The third-order valence-electron chi connectivity index (χ3n) is 2.77. The van der Waals surface area contributed by atoms with Crippen LogP contribution in [0, 0.1) is 0 Å². The minimum Gasteiger partial charge on any atom is -0.366 e. The van der Waals surface area contributed by atoms with Gasteiger partial charge in [-0.3, -0.25) is 0 Å². The van der Waals surface area contributed by atoms with Crippen molar-refractivity contribution >= 4 is 23.2 Å². The number of nitrogens with one attached hydrogen (secondary N) is 1. The quantitative estimate of drug-likeness (QED) is 0.863. The molecule has 5 heteroatoms. The van der Waals surface area contributed by atoms with Crippen molar-refractivity contribution in [3.05, 3.63) is 24.5 Å². The number of hydrogen-bond donors (Lipinski definition) is 1. The minimum absolute atomic E-state index is 0.566. The molecule has 2 aromatic rings. The van der Waals surface area contributed by atoms with E-state index in [1.54, 1.807) is 10.7 Å². The van der Waals surface area contributed by atoms with Crippen molar-refractivity contribution in [2.45, 2.75) is 18.9 Å². The number of fused-ring (bicyclic) bond motifs is 1. The first kappa shape index (κ1) is 9.96. The van der Waals surface area contributed by atoms with E-state index in [1.165, 1.54) is 24.3 Å². The number of rotatable bonds is 2. The zero-order valence-electron chi connectivity index (χ0n) is 8.97. The SMILES string of the molecule is c1cc2nc(NC3CCCSC3)ccn2n1. The number of thioether (sulfide) groups is 1. The summed E-state index contributed by atoms with van der Waals surface area (Å²) < 4.78 is 1.78. The zero-order chi connectivity index (χ0) is 10.8. The van der Waals surface area contributed by atoms with Gasteiger partial charge < -0.3 is 5.32 Å². The van der Waals surface area contributed by atoms with Gasteiger partial charge in [-0.15, -0.1) is 0 Å². The fraction of sp³-hybridized carbons (Fsp3) is 0.455. The standard InChI is InChI=1S/C11H14N4S/c1-2-9(8-16-7-1)13-10-4-6-15-11(14-10)3-5-12-15/h3-6,9H,1-2,7-8H2,(H,13,14). The molecule has 2 aromatic heterocycles. The van der Waals surface area contributed by atoms with E-state index in [-0.39, 0.29) is 0 Å². The number of aromatic nitrogens is 3. The maximum atomic E-state index is 4.51. The summed E-state index contributed by atoms with van der Waals surface area (Å²) in [6.07, 6.45) is 6.26. The van der Waals surface area contributed by atoms with Crippen LogP contribution >= 0.6 is 11.8 Å². The smallest absolute Gasteiger partial charge is 0.157 e. The monoisotopic (exact) mass is 234 g/mol. The summed E-state index contributed by atoms with van der Waals surface area (Å²) in [5.41, 5.74) is 0.897. The van der Waals surface area contributed by atoms with Gasteiger partial charge in [-0.1, -0.05) is 0 Å². The number of hydrogen-bond acceptors (Lipinski definition) is 4. The molecule has 1 unspecified atom stereocenters. The lowest BCUT2D eigenvalue weighted by molar-refractivity contribution is 0.682. The summed E-state index contributed by atoms with van der Waals surface area (Å²) in [6.45, 7) is 0. The molecular formula is C11H14N4S. The molecule has 0 aromatic carbocycles. The topological polar surface area (TPSA) is 42.2 Å². The molecule has 0 spiro atoms. The molecule has 0 aliphatic carbocycles. The summed E-state index contributed by atoms with van der Waals surface area (Å²) in [5.74, 6) is 3.44. The van der Waals surface area contributed by atoms with Crippen LogP contribution < -0.4 is 5.32 Å². The van der Waals surface area contributed by atoms with Crippen LogP contribution in [-0.4, -0.2) is 32.1 Å². The van der Waals surface area contributed by atoms with Gasteiger partial charge in [0.2, 0.25) is 0 Å². The van der Waals surface area contributed by atoms with Gasteiger partial charge >= 0.3 is 0 Å². The second-order valence-corrected chi connectivity index (χ2v) is 5.15. The predicted octanol–water partition coefficient (Wildman–Crippen LogP) is 2.04. The molecule has 0 amide bonds. The van der Waals surface area contributed by atoms with Gasteiger partial charge in [0.1, 0.15) is 5.82 Å². The van der Waals surface area contributed by atoms with E-state index >= 15 is 0 Å². The van der Waals surface area contributed by atoms with E-state index in [0.717, 1.165) is 11.5 Å². The summed E-state index contributed by atoms with van der Waals surface area (Å²) >= 11 is 2.02. The molecule has 3 rings (SSSR count). The molecule has 1 saturated heterocycles. The van der Waals surface area contributed by atoms with E-state index < -0.39 is 0 Å². The first-order valence-corrected chi connectivity index (χ1v) is 6.72. The molecule has 1 N–H and O–H groups in total. The van der Waals surface area contributed by atoms with Gasteiger partial charge in [-0.25, -0.2) is 9.50 Å². The van der Waals surface area contributed by atoms with Crippen molar-refractivity contribution in [3.63, 3.8) is 0 Å². The maximum absolute atomic E-state index is 4.51. The lowest BCUT2D eigenvalue weighted by Crippen LogP contribution is -2.26. The Morgan fingerprint density at radius 3 is 3.31 bits per heavy atom. The van der Waals surface area contributed by atoms with Crippen LogP contribution in [0.25, 0.3) is 5.65 Å². The summed E-state index contributed by atoms with van der Waals surface area (Å²) in [7, 11) is 0. The highest BCUT2D eigenvalue weighted by Gasteiger charge is 2.13. The third-order valence-corrected chi connectivity index (χ3v) is 3.99. The van der Waals surface area contributed by atoms with Crippen LogP contribution in [0.5, 0.6) is 0 Å². The Balaban J connectivity index is 1.77. The van der Waals surface area contributed by atoms with E-state index in [9.17, 15) is 0 Å². The lowest BCUT2D eigenvalue weighted by Gasteiger charge is -2.22. The Hall–Kier alpha value is -1.23. The van der Waals surface area contributed by atoms with Gasteiger partial charge in [-0.2, -0.15) is 16.9 Å². The van der Waals surface area contributed by atoms with Crippen LogP contribution in [0.3, 0.4) is 0 Å². The largest absolute Gasteiger partial charge is 0.366 e. The summed E-state index contributed by atoms with van der Waals surface area (Å²) in [5, 5.41) is 7.62. The van der Waals surface area contributed by atoms with Crippen LogP contribution in [0.15, 0.2) is 24.5 Å². The summed E-state index contributed by atoms with van der Waals surface area (Å²) in [6, 6.07) is 4.47. The van der Waals surface area contributed by atoms with E-state index in [1.807, 2.05) is 30.1 Å². The maximum Gasteiger partial charge on any atom is 0.157 e. The lowest BCUT2D eigenvalue weighted by atomic mass is 10.2. The molecule has 1 fully saturated rings. The second kappa shape index (κ2) is 4.33. The van der Waals surface area contributed by atoms with Gasteiger partial charge in [0.25, 0.3) is 0 Å². The normalized spacial score (nSPS) is 21.1. The fourth-order valence-corrected chi connectivity index (χ4v) is 3.03. The van der Waals surface area contributed by atoms with Gasteiger partial charge in [-0.05, 0) is 24.7 Å². The van der Waals surface area contributed by atoms with E-state index in [0.29, 0.717) is 6.04 Å². The Bertz CT molecular complexity index is 476. The highest BCUT2D eigenvalue weighted by Crippen LogP contribution is 2.20. The van der Waals surface area contributed by atoms with Gasteiger partial charge in [0.05, 0.1) is 6.20 Å². The highest BCUT2D eigenvalue weighted by atomic mass is 32.2. The molecule has 0 radical (unpaired) electrons. The molecule has 84 valence electrons. The first-order chi connectivity index (χ1) is 7.92. The Labute approximate surface area is 98.4 Å². The van der Waals surface area contributed by atoms with E-state index in [4.69, 9.17) is 0 Å². The third kappa shape index (κ3) is 2.00. The predicted molar refractivity (Wildman–Crippen MR) is 67.0 cm³/mol. The van der Waals surface area contributed by atoms with Crippen LogP contribution in [0.4, 0.5) is 5.82 Å². The molecule has 1 atom stereocenters. The molecule has 4 nitrogen and oxygen atoms in total. The van der Waals surface area contributed by atoms with Crippen molar-refractivity contribution in [2.24, 2.45) is 0 Å². The number of anilines is 1. The molecule has 0 bridgehead atoms. The van der Waals surface area contributed by atoms with Crippen molar-refractivity contribution in [2.75, 3.05) is 16.8 Å². The molecule has 1 aliphatic rings. The van der Waals surface area contributed by atoms with Crippen molar-refractivity contribution in [1.29, 1.82) is 0 Å². The number of nitrogens with zero attached hydrogens (tertiary/aromatic N) is 3. The van der Waals surface area contributed by atoms with Crippen molar-refractivity contribution in [3.8, 4) is 0 Å². The zero-order valence-corrected chi connectivity index (χ0v) is 9.78.